The summed E-state index contributed by atoms with van der Waals surface area (Å²) >= 11 is 0. The van der Waals surface area contributed by atoms with Gasteiger partial charge in [0.25, 0.3) is 0 Å². The summed E-state index contributed by atoms with van der Waals surface area (Å²) < 4.78 is 5.79. The van der Waals surface area contributed by atoms with Gasteiger partial charge in [-0.15, -0.1) is 0 Å². The van der Waals surface area contributed by atoms with Crippen molar-refractivity contribution in [3.05, 3.63) is 23.8 Å². The van der Waals surface area contributed by atoms with Gasteiger partial charge in [0, 0.05) is 32.4 Å². The quantitative estimate of drug-likeness (QED) is 0.774. The predicted octanol–water partition coefficient (Wildman–Crippen LogP) is 1.40. The van der Waals surface area contributed by atoms with Gasteiger partial charge in [-0.05, 0) is 31.2 Å². The summed E-state index contributed by atoms with van der Waals surface area (Å²) in [6.07, 6.45) is 8.88. The molecule has 4 heteroatoms. The van der Waals surface area contributed by atoms with E-state index < -0.39 is 0 Å². The van der Waals surface area contributed by atoms with Crippen molar-refractivity contribution in [2.45, 2.75) is 38.3 Å². The summed E-state index contributed by atoms with van der Waals surface area (Å²) in [6.45, 7) is 4.07. The Balaban J connectivity index is 1.60. The molecule has 1 atom stereocenters. The highest BCUT2D eigenvalue weighted by Gasteiger charge is 2.22. The molecule has 0 saturated carbocycles. The van der Waals surface area contributed by atoms with Gasteiger partial charge in [-0.25, -0.2) is 9.97 Å². The van der Waals surface area contributed by atoms with Crippen LogP contribution >= 0.6 is 0 Å². The average molecular weight is 233 g/mol. The number of hydrogen-bond donors (Lipinski definition) is 0. The smallest absolute Gasteiger partial charge is 0.115 e. The lowest BCUT2D eigenvalue weighted by Gasteiger charge is -2.32. The van der Waals surface area contributed by atoms with Crippen LogP contribution in [-0.4, -0.2) is 40.7 Å². The third kappa shape index (κ3) is 2.64. The van der Waals surface area contributed by atoms with Gasteiger partial charge in [0.05, 0.1) is 11.8 Å². The highest BCUT2D eigenvalue weighted by Crippen LogP contribution is 2.19. The Kier molecular flexibility index (Phi) is 3.34. The molecule has 3 heterocycles. The minimum absolute atomic E-state index is 0.437. The molecular weight excluding hydrogens is 214 g/mol. The van der Waals surface area contributed by atoms with Gasteiger partial charge in [0.1, 0.15) is 6.33 Å². The molecule has 0 aliphatic carbocycles. The monoisotopic (exact) mass is 233 g/mol. The molecule has 0 amide bonds. The molecule has 0 N–H and O–H groups in total. The number of nitrogens with zero attached hydrogens (tertiary/aromatic N) is 3. The van der Waals surface area contributed by atoms with E-state index in [4.69, 9.17) is 4.74 Å². The number of aromatic nitrogens is 2. The lowest BCUT2D eigenvalue weighted by Crippen LogP contribution is -2.39. The Morgan fingerprint density at radius 1 is 1.41 bits per heavy atom. The highest BCUT2D eigenvalue weighted by atomic mass is 16.5. The van der Waals surface area contributed by atoms with Crippen LogP contribution in [0.3, 0.4) is 0 Å². The zero-order chi connectivity index (χ0) is 11.5. The molecule has 0 spiro atoms. The van der Waals surface area contributed by atoms with Crippen LogP contribution in [0.5, 0.6) is 0 Å². The lowest BCUT2D eigenvalue weighted by molar-refractivity contribution is -0.00828. The van der Waals surface area contributed by atoms with Crippen LogP contribution in [0.25, 0.3) is 0 Å². The molecule has 0 bridgehead atoms. The zero-order valence-electron chi connectivity index (χ0n) is 10.1. The maximum Gasteiger partial charge on any atom is 0.115 e. The van der Waals surface area contributed by atoms with E-state index >= 15 is 0 Å². The molecule has 92 valence electrons. The Bertz CT molecular complexity index is 377. The summed E-state index contributed by atoms with van der Waals surface area (Å²) in [7, 11) is 0. The summed E-state index contributed by atoms with van der Waals surface area (Å²) in [4.78, 5) is 10.9. The molecular formula is C13H19N3O. The van der Waals surface area contributed by atoms with Gasteiger partial charge in [-0.1, -0.05) is 0 Å². The van der Waals surface area contributed by atoms with Crippen LogP contribution in [0.4, 0.5) is 0 Å². The molecule has 0 unspecified atom stereocenters. The van der Waals surface area contributed by atoms with Crippen LogP contribution in [0.2, 0.25) is 0 Å². The van der Waals surface area contributed by atoms with E-state index in [-0.39, 0.29) is 0 Å². The van der Waals surface area contributed by atoms with Crippen molar-refractivity contribution in [3.8, 4) is 0 Å². The SMILES string of the molecule is c1ncc2c(n1)CN(C[C@@H]1CCCCO1)CC2. The van der Waals surface area contributed by atoms with Crippen LogP contribution in [-0.2, 0) is 17.7 Å². The number of hydrogen-bond acceptors (Lipinski definition) is 4. The van der Waals surface area contributed by atoms with Gasteiger partial charge in [0.15, 0.2) is 0 Å². The first-order valence-electron chi connectivity index (χ1n) is 6.53. The van der Waals surface area contributed by atoms with E-state index in [0.29, 0.717) is 6.10 Å². The second-order valence-electron chi connectivity index (χ2n) is 4.97. The van der Waals surface area contributed by atoms with Gasteiger partial charge in [-0.2, -0.15) is 0 Å². The first-order chi connectivity index (χ1) is 8.42. The van der Waals surface area contributed by atoms with Crippen molar-refractivity contribution in [1.29, 1.82) is 0 Å². The van der Waals surface area contributed by atoms with E-state index in [1.165, 1.54) is 30.5 Å². The average Bonchev–Trinajstić information content (AvgIpc) is 2.40. The van der Waals surface area contributed by atoms with E-state index in [9.17, 15) is 0 Å². The molecule has 17 heavy (non-hydrogen) atoms. The number of fused-ring (bicyclic) bond motifs is 1. The lowest BCUT2D eigenvalue weighted by atomic mass is 10.0. The van der Waals surface area contributed by atoms with Crippen LogP contribution in [0.1, 0.15) is 30.5 Å². The van der Waals surface area contributed by atoms with Gasteiger partial charge in [-0.3, -0.25) is 4.90 Å². The van der Waals surface area contributed by atoms with Gasteiger partial charge < -0.3 is 4.74 Å². The van der Waals surface area contributed by atoms with Crippen molar-refractivity contribution < 1.29 is 4.74 Å². The third-order valence-electron chi connectivity index (χ3n) is 3.69. The van der Waals surface area contributed by atoms with Gasteiger partial charge in [0.2, 0.25) is 0 Å². The fourth-order valence-corrected chi connectivity index (χ4v) is 2.70. The largest absolute Gasteiger partial charge is 0.377 e. The normalized spacial score (nSPS) is 25.5. The zero-order valence-corrected chi connectivity index (χ0v) is 10.1. The Labute approximate surface area is 102 Å². The fraction of sp³-hybridized carbons (Fsp3) is 0.692. The molecule has 2 aliphatic heterocycles. The summed E-state index contributed by atoms with van der Waals surface area (Å²) in [5, 5.41) is 0. The summed E-state index contributed by atoms with van der Waals surface area (Å²) in [5.41, 5.74) is 2.51. The van der Waals surface area contributed by atoms with Crippen molar-refractivity contribution in [2.75, 3.05) is 19.7 Å². The molecule has 1 fully saturated rings. The van der Waals surface area contributed by atoms with Crippen molar-refractivity contribution in [1.82, 2.24) is 14.9 Å². The summed E-state index contributed by atoms with van der Waals surface area (Å²) in [5.74, 6) is 0. The van der Waals surface area contributed by atoms with Crippen molar-refractivity contribution >= 4 is 0 Å². The molecule has 3 rings (SSSR count). The fourth-order valence-electron chi connectivity index (χ4n) is 2.70. The highest BCUT2D eigenvalue weighted by molar-refractivity contribution is 5.18. The second-order valence-corrected chi connectivity index (χ2v) is 4.97. The van der Waals surface area contributed by atoms with E-state index in [2.05, 4.69) is 14.9 Å². The molecule has 4 nitrogen and oxygen atoms in total. The Morgan fingerprint density at radius 3 is 3.29 bits per heavy atom. The maximum atomic E-state index is 5.79. The molecule has 1 aromatic heterocycles. The van der Waals surface area contributed by atoms with Crippen LogP contribution in [0.15, 0.2) is 12.5 Å². The van der Waals surface area contributed by atoms with E-state index in [1.54, 1.807) is 6.33 Å². The molecule has 1 aromatic rings. The predicted molar refractivity (Wildman–Crippen MR) is 64.6 cm³/mol. The molecule has 0 radical (unpaired) electrons. The molecule has 1 saturated heterocycles. The third-order valence-corrected chi connectivity index (χ3v) is 3.69. The second kappa shape index (κ2) is 5.10. The first kappa shape index (κ1) is 11.1. The molecule has 2 aliphatic rings. The standard InChI is InChI=1S/C13H19N3O/c1-2-6-17-12(3-1)8-16-5-4-11-7-14-10-15-13(11)9-16/h7,10,12H,1-6,8-9H2/t12-/m0/s1. The Morgan fingerprint density at radius 2 is 2.41 bits per heavy atom. The maximum absolute atomic E-state index is 5.79. The minimum Gasteiger partial charge on any atom is -0.377 e. The van der Waals surface area contributed by atoms with Gasteiger partial charge >= 0.3 is 0 Å². The number of rotatable bonds is 2. The first-order valence-corrected chi connectivity index (χ1v) is 6.53. The van der Waals surface area contributed by atoms with E-state index in [0.717, 1.165) is 32.7 Å². The minimum atomic E-state index is 0.437. The van der Waals surface area contributed by atoms with E-state index in [1.807, 2.05) is 6.20 Å². The van der Waals surface area contributed by atoms with Crippen molar-refractivity contribution in [2.24, 2.45) is 0 Å². The number of ether oxygens (including phenoxy) is 1. The summed E-state index contributed by atoms with van der Waals surface area (Å²) in [6, 6.07) is 0. The van der Waals surface area contributed by atoms with Crippen molar-refractivity contribution in [3.63, 3.8) is 0 Å². The topological polar surface area (TPSA) is 38.2 Å². The molecule has 0 aromatic carbocycles. The van der Waals surface area contributed by atoms with Crippen LogP contribution in [0, 0.1) is 0 Å². The van der Waals surface area contributed by atoms with Crippen LogP contribution < -0.4 is 0 Å². The Hall–Kier alpha value is -1.00.